The molecule has 2 unspecified atom stereocenters. The SMILES string of the molecule is CC(NCC(c1ccco1)N1CCCC1)c1cc(CO)on1. The van der Waals surface area contributed by atoms with Crippen molar-refractivity contribution in [1.29, 1.82) is 0 Å². The zero-order chi connectivity index (χ0) is 15.4. The van der Waals surface area contributed by atoms with E-state index in [1.54, 1.807) is 12.3 Å². The van der Waals surface area contributed by atoms with Crippen LogP contribution >= 0.6 is 0 Å². The summed E-state index contributed by atoms with van der Waals surface area (Å²) in [7, 11) is 0. The van der Waals surface area contributed by atoms with Gasteiger partial charge in [0.05, 0.1) is 18.3 Å². The van der Waals surface area contributed by atoms with Gasteiger partial charge in [-0.25, -0.2) is 0 Å². The minimum atomic E-state index is -0.123. The highest BCUT2D eigenvalue weighted by Crippen LogP contribution is 2.25. The van der Waals surface area contributed by atoms with Crippen LogP contribution in [0.4, 0.5) is 0 Å². The molecule has 0 radical (unpaired) electrons. The minimum absolute atomic E-state index is 0.0594. The van der Waals surface area contributed by atoms with Gasteiger partial charge in [-0.05, 0) is 45.0 Å². The summed E-state index contributed by atoms with van der Waals surface area (Å²) >= 11 is 0. The van der Waals surface area contributed by atoms with Crippen molar-refractivity contribution in [2.45, 2.75) is 38.5 Å². The van der Waals surface area contributed by atoms with Gasteiger partial charge in [-0.1, -0.05) is 5.16 Å². The summed E-state index contributed by atoms with van der Waals surface area (Å²) in [6.07, 6.45) is 4.22. The van der Waals surface area contributed by atoms with E-state index in [1.165, 1.54) is 12.8 Å². The first-order valence-corrected chi connectivity index (χ1v) is 7.85. The third-order valence-corrected chi connectivity index (χ3v) is 4.25. The first-order valence-electron chi connectivity index (χ1n) is 7.85. The van der Waals surface area contributed by atoms with E-state index in [0.29, 0.717) is 5.76 Å². The Labute approximate surface area is 130 Å². The number of aliphatic hydroxyl groups is 1. The van der Waals surface area contributed by atoms with Gasteiger partial charge < -0.3 is 19.4 Å². The first kappa shape index (κ1) is 15.3. The Morgan fingerprint density at radius 1 is 1.41 bits per heavy atom. The molecule has 120 valence electrons. The van der Waals surface area contributed by atoms with Crippen molar-refractivity contribution in [2.24, 2.45) is 0 Å². The zero-order valence-corrected chi connectivity index (χ0v) is 12.9. The van der Waals surface area contributed by atoms with E-state index < -0.39 is 0 Å². The molecule has 6 nitrogen and oxygen atoms in total. The molecule has 0 spiro atoms. The summed E-state index contributed by atoms with van der Waals surface area (Å²) in [5, 5.41) is 16.5. The number of likely N-dealkylation sites (tertiary alicyclic amines) is 1. The Hall–Kier alpha value is -1.63. The van der Waals surface area contributed by atoms with Gasteiger partial charge in [0.1, 0.15) is 18.1 Å². The smallest absolute Gasteiger partial charge is 0.162 e. The predicted octanol–water partition coefficient (Wildman–Crippen LogP) is 2.25. The van der Waals surface area contributed by atoms with Crippen molar-refractivity contribution in [3.63, 3.8) is 0 Å². The van der Waals surface area contributed by atoms with Gasteiger partial charge in [-0.15, -0.1) is 0 Å². The monoisotopic (exact) mass is 305 g/mol. The molecule has 6 heteroatoms. The quantitative estimate of drug-likeness (QED) is 0.817. The largest absolute Gasteiger partial charge is 0.468 e. The lowest BCUT2D eigenvalue weighted by Gasteiger charge is -2.27. The number of rotatable bonds is 7. The van der Waals surface area contributed by atoms with E-state index in [0.717, 1.165) is 31.1 Å². The summed E-state index contributed by atoms with van der Waals surface area (Å²) in [5.74, 6) is 1.49. The average molecular weight is 305 g/mol. The molecule has 2 aromatic heterocycles. The number of nitrogens with zero attached hydrogens (tertiary/aromatic N) is 2. The second kappa shape index (κ2) is 7.09. The Balaban J connectivity index is 1.63. The van der Waals surface area contributed by atoms with Crippen molar-refractivity contribution in [2.75, 3.05) is 19.6 Å². The van der Waals surface area contributed by atoms with E-state index in [1.807, 2.05) is 19.1 Å². The van der Waals surface area contributed by atoms with Crippen LogP contribution in [-0.4, -0.2) is 34.8 Å². The molecule has 0 aliphatic carbocycles. The molecule has 2 atom stereocenters. The minimum Gasteiger partial charge on any atom is -0.468 e. The second-order valence-electron chi connectivity index (χ2n) is 5.78. The van der Waals surface area contributed by atoms with Crippen LogP contribution in [-0.2, 0) is 6.61 Å². The maximum absolute atomic E-state index is 9.05. The van der Waals surface area contributed by atoms with Crippen LogP contribution < -0.4 is 5.32 Å². The first-order chi connectivity index (χ1) is 10.8. The average Bonchev–Trinajstić information content (AvgIpc) is 3.29. The van der Waals surface area contributed by atoms with Crippen LogP contribution in [0.15, 0.2) is 33.4 Å². The number of nitrogens with one attached hydrogen (secondary N) is 1. The number of aliphatic hydroxyl groups excluding tert-OH is 1. The summed E-state index contributed by atoms with van der Waals surface area (Å²) in [5.41, 5.74) is 0.809. The van der Waals surface area contributed by atoms with Crippen molar-refractivity contribution < 1.29 is 14.0 Å². The fourth-order valence-electron chi connectivity index (χ4n) is 2.94. The second-order valence-corrected chi connectivity index (χ2v) is 5.78. The summed E-state index contributed by atoms with van der Waals surface area (Å²) in [4.78, 5) is 2.46. The number of aromatic nitrogens is 1. The maximum atomic E-state index is 9.05. The van der Waals surface area contributed by atoms with Gasteiger partial charge in [0.2, 0.25) is 0 Å². The molecule has 0 bridgehead atoms. The molecular formula is C16H23N3O3. The van der Waals surface area contributed by atoms with Crippen LogP contribution in [0.2, 0.25) is 0 Å². The maximum Gasteiger partial charge on any atom is 0.162 e. The van der Waals surface area contributed by atoms with Crippen LogP contribution in [0.5, 0.6) is 0 Å². The van der Waals surface area contributed by atoms with Gasteiger partial charge in [0.15, 0.2) is 5.76 Å². The van der Waals surface area contributed by atoms with Crippen LogP contribution in [0.25, 0.3) is 0 Å². The zero-order valence-electron chi connectivity index (χ0n) is 12.9. The molecule has 0 aromatic carbocycles. The van der Waals surface area contributed by atoms with Gasteiger partial charge in [-0.3, -0.25) is 4.90 Å². The van der Waals surface area contributed by atoms with Crippen molar-refractivity contribution in [1.82, 2.24) is 15.4 Å². The normalized spacial score (nSPS) is 18.6. The van der Waals surface area contributed by atoms with E-state index >= 15 is 0 Å². The summed E-state index contributed by atoms with van der Waals surface area (Å²) in [6, 6.07) is 6.06. The molecule has 1 saturated heterocycles. The van der Waals surface area contributed by atoms with Crippen LogP contribution in [0.3, 0.4) is 0 Å². The Kier molecular flexibility index (Phi) is 4.92. The third-order valence-electron chi connectivity index (χ3n) is 4.25. The van der Waals surface area contributed by atoms with Gasteiger partial charge in [0.25, 0.3) is 0 Å². The predicted molar refractivity (Wildman–Crippen MR) is 81.1 cm³/mol. The van der Waals surface area contributed by atoms with Gasteiger partial charge >= 0.3 is 0 Å². The van der Waals surface area contributed by atoms with Gasteiger partial charge in [0, 0.05) is 12.6 Å². The van der Waals surface area contributed by atoms with Crippen molar-refractivity contribution >= 4 is 0 Å². The molecule has 22 heavy (non-hydrogen) atoms. The van der Waals surface area contributed by atoms with E-state index in [2.05, 4.69) is 15.4 Å². The van der Waals surface area contributed by atoms with Crippen LogP contribution in [0.1, 0.15) is 49.1 Å². The molecule has 2 N–H and O–H groups in total. The molecular weight excluding hydrogens is 282 g/mol. The number of furan rings is 1. The molecule has 1 aliphatic rings. The van der Waals surface area contributed by atoms with E-state index in [4.69, 9.17) is 14.0 Å². The molecule has 0 saturated carbocycles. The molecule has 0 amide bonds. The Morgan fingerprint density at radius 3 is 2.86 bits per heavy atom. The Bertz CT molecular complexity index is 561. The lowest BCUT2D eigenvalue weighted by molar-refractivity contribution is 0.204. The van der Waals surface area contributed by atoms with E-state index in [9.17, 15) is 0 Å². The molecule has 1 fully saturated rings. The highest BCUT2D eigenvalue weighted by Gasteiger charge is 2.26. The summed E-state index contributed by atoms with van der Waals surface area (Å²) < 4.78 is 10.7. The number of hydrogen-bond acceptors (Lipinski definition) is 6. The molecule has 2 aromatic rings. The standard InChI is InChI=1S/C16H23N3O3/c1-12(14-9-13(11-20)22-18-14)17-10-15(16-5-4-8-21-16)19-6-2-3-7-19/h4-5,8-9,12,15,17,20H,2-3,6-7,10-11H2,1H3. The fourth-order valence-corrected chi connectivity index (χ4v) is 2.94. The molecule has 3 rings (SSSR count). The third kappa shape index (κ3) is 3.40. The fraction of sp³-hybridized carbons (Fsp3) is 0.562. The van der Waals surface area contributed by atoms with Crippen LogP contribution in [0, 0.1) is 0 Å². The van der Waals surface area contributed by atoms with Crippen molar-refractivity contribution in [3.8, 4) is 0 Å². The van der Waals surface area contributed by atoms with Gasteiger partial charge in [-0.2, -0.15) is 0 Å². The molecule has 3 heterocycles. The van der Waals surface area contributed by atoms with Crippen molar-refractivity contribution in [3.05, 3.63) is 41.7 Å². The van der Waals surface area contributed by atoms with E-state index in [-0.39, 0.29) is 18.7 Å². The number of hydrogen-bond donors (Lipinski definition) is 2. The molecule has 1 aliphatic heterocycles. The Morgan fingerprint density at radius 2 is 2.23 bits per heavy atom. The topological polar surface area (TPSA) is 74.7 Å². The lowest BCUT2D eigenvalue weighted by atomic mass is 10.1. The summed E-state index contributed by atoms with van der Waals surface area (Å²) in [6.45, 7) is 4.93. The highest BCUT2D eigenvalue weighted by atomic mass is 16.5. The lowest BCUT2D eigenvalue weighted by Crippen LogP contribution is -2.35. The highest BCUT2D eigenvalue weighted by molar-refractivity contribution is 5.10.